The van der Waals surface area contributed by atoms with Crippen molar-refractivity contribution in [2.75, 3.05) is 50.6 Å². The van der Waals surface area contributed by atoms with Crippen LogP contribution in [0.25, 0.3) is 10.9 Å². The molecule has 0 aliphatic carbocycles. The summed E-state index contributed by atoms with van der Waals surface area (Å²) in [6, 6.07) is 11.3. The Morgan fingerprint density at radius 3 is 2.52 bits per heavy atom. The summed E-state index contributed by atoms with van der Waals surface area (Å²) in [6.45, 7) is 4.09. The minimum atomic E-state index is -3.72. The van der Waals surface area contributed by atoms with Crippen molar-refractivity contribution in [3.8, 4) is 0 Å². The SMILES string of the molecule is Cc1cc(=O)[nH]c2ccc(NC(=O)c3cc(S(=O)(=O)N(C)C)ccc3N3CCOCC3)cc12. The Morgan fingerprint density at radius 1 is 1.09 bits per heavy atom. The van der Waals surface area contributed by atoms with E-state index in [1.807, 2.05) is 11.8 Å². The highest BCUT2D eigenvalue weighted by atomic mass is 32.2. The highest BCUT2D eigenvalue weighted by Crippen LogP contribution is 2.28. The molecule has 2 N–H and O–H groups in total. The number of pyridine rings is 1. The van der Waals surface area contributed by atoms with Crippen LogP contribution < -0.4 is 15.8 Å². The second kappa shape index (κ2) is 8.97. The van der Waals surface area contributed by atoms with Crippen LogP contribution in [0.2, 0.25) is 0 Å². The summed E-state index contributed by atoms with van der Waals surface area (Å²) >= 11 is 0. The van der Waals surface area contributed by atoms with Gasteiger partial charge in [-0.1, -0.05) is 0 Å². The number of anilines is 2. The van der Waals surface area contributed by atoms with Gasteiger partial charge in [0.1, 0.15) is 0 Å². The lowest BCUT2D eigenvalue weighted by Gasteiger charge is -2.30. The van der Waals surface area contributed by atoms with Crippen LogP contribution in [0.15, 0.2) is 52.2 Å². The van der Waals surface area contributed by atoms with Gasteiger partial charge in [-0.05, 0) is 48.9 Å². The Bertz CT molecular complexity index is 1380. The lowest BCUT2D eigenvalue weighted by Crippen LogP contribution is -2.37. The number of aromatic amines is 1. The summed E-state index contributed by atoms with van der Waals surface area (Å²) in [7, 11) is -0.813. The minimum absolute atomic E-state index is 0.0431. The van der Waals surface area contributed by atoms with E-state index in [9.17, 15) is 18.0 Å². The maximum absolute atomic E-state index is 13.4. The van der Waals surface area contributed by atoms with Crippen LogP contribution in [0.4, 0.5) is 11.4 Å². The number of aryl methyl sites for hydroxylation is 1. The predicted molar refractivity (Wildman–Crippen MR) is 128 cm³/mol. The summed E-state index contributed by atoms with van der Waals surface area (Å²) in [5.41, 5.74) is 2.72. The molecule has 0 atom stereocenters. The molecule has 1 aliphatic heterocycles. The monoisotopic (exact) mass is 470 g/mol. The number of nitrogens with zero attached hydrogens (tertiary/aromatic N) is 2. The van der Waals surface area contributed by atoms with E-state index in [1.54, 1.807) is 24.3 Å². The van der Waals surface area contributed by atoms with Crippen LogP contribution in [0.5, 0.6) is 0 Å². The van der Waals surface area contributed by atoms with Gasteiger partial charge in [-0.15, -0.1) is 0 Å². The number of hydrogen-bond donors (Lipinski definition) is 2. The zero-order valence-electron chi connectivity index (χ0n) is 18.7. The third kappa shape index (κ3) is 4.63. The normalized spacial score (nSPS) is 14.6. The van der Waals surface area contributed by atoms with Crippen molar-refractivity contribution < 1.29 is 17.9 Å². The number of carbonyl (C=O) groups is 1. The van der Waals surface area contributed by atoms with E-state index in [-0.39, 0.29) is 16.0 Å². The van der Waals surface area contributed by atoms with Gasteiger partial charge in [-0.2, -0.15) is 0 Å². The molecule has 0 spiro atoms. The molecular formula is C23H26N4O5S. The number of nitrogens with one attached hydrogen (secondary N) is 2. The third-order valence-corrected chi connectivity index (χ3v) is 7.46. The number of hydrogen-bond acceptors (Lipinski definition) is 6. The maximum Gasteiger partial charge on any atom is 0.257 e. The van der Waals surface area contributed by atoms with Gasteiger partial charge >= 0.3 is 0 Å². The molecule has 0 saturated carbocycles. The number of rotatable bonds is 5. The second-order valence-corrected chi connectivity index (χ2v) is 10.2. The molecule has 1 amide bonds. The minimum Gasteiger partial charge on any atom is -0.378 e. The fourth-order valence-corrected chi connectivity index (χ4v) is 4.78. The van der Waals surface area contributed by atoms with Crippen LogP contribution in [0.1, 0.15) is 15.9 Å². The van der Waals surface area contributed by atoms with E-state index in [2.05, 4.69) is 10.3 Å². The van der Waals surface area contributed by atoms with E-state index in [4.69, 9.17) is 4.74 Å². The molecule has 33 heavy (non-hydrogen) atoms. The van der Waals surface area contributed by atoms with Crippen LogP contribution in [0.3, 0.4) is 0 Å². The second-order valence-electron chi connectivity index (χ2n) is 8.10. The van der Waals surface area contributed by atoms with Gasteiger partial charge < -0.3 is 19.9 Å². The van der Waals surface area contributed by atoms with Crippen molar-refractivity contribution >= 4 is 38.2 Å². The van der Waals surface area contributed by atoms with E-state index in [1.165, 1.54) is 32.3 Å². The van der Waals surface area contributed by atoms with Crippen LogP contribution >= 0.6 is 0 Å². The molecule has 0 radical (unpaired) electrons. The van der Waals surface area contributed by atoms with Crippen molar-refractivity contribution in [1.82, 2.24) is 9.29 Å². The number of morpholine rings is 1. The quantitative estimate of drug-likeness (QED) is 0.591. The van der Waals surface area contributed by atoms with E-state index in [0.717, 1.165) is 15.3 Å². The maximum atomic E-state index is 13.4. The summed E-state index contributed by atoms with van der Waals surface area (Å²) < 4.78 is 31.9. The highest BCUT2D eigenvalue weighted by Gasteiger charge is 2.24. The molecule has 1 aromatic heterocycles. The summed E-state index contributed by atoms with van der Waals surface area (Å²) in [5, 5.41) is 3.69. The number of sulfonamides is 1. The van der Waals surface area contributed by atoms with Gasteiger partial charge in [0, 0.05) is 55.5 Å². The molecule has 2 aromatic carbocycles. The van der Waals surface area contributed by atoms with E-state index >= 15 is 0 Å². The smallest absolute Gasteiger partial charge is 0.257 e. The number of amides is 1. The zero-order valence-corrected chi connectivity index (χ0v) is 19.5. The lowest BCUT2D eigenvalue weighted by molar-refractivity contribution is 0.102. The first-order valence-electron chi connectivity index (χ1n) is 10.5. The molecule has 2 heterocycles. The zero-order chi connectivity index (χ0) is 23.8. The Labute approximate surface area is 192 Å². The largest absolute Gasteiger partial charge is 0.378 e. The van der Waals surface area contributed by atoms with Crippen molar-refractivity contribution in [1.29, 1.82) is 0 Å². The molecule has 174 valence electrons. The highest BCUT2D eigenvalue weighted by molar-refractivity contribution is 7.89. The Balaban J connectivity index is 1.74. The summed E-state index contributed by atoms with van der Waals surface area (Å²) in [5.74, 6) is -0.422. The van der Waals surface area contributed by atoms with Gasteiger partial charge in [-0.3, -0.25) is 9.59 Å². The first-order valence-corrected chi connectivity index (χ1v) is 11.9. The number of ether oxygens (including phenoxy) is 1. The molecule has 4 rings (SSSR count). The molecule has 1 aliphatic rings. The van der Waals surface area contributed by atoms with Crippen molar-refractivity contribution in [3.63, 3.8) is 0 Å². The molecule has 1 saturated heterocycles. The van der Waals surface area contributed by atoms with Crippen molar-refractivity contribution in [3.05, 3.63) is 63.9 Å². The lowest BCUT2D eigenvalue weighted by atomic mass is 10.1. The van der Waals surface area contributed by atoms with Gasteiger partial charge in [0.05, 0.1) is 23.7 Å². The third-order valence-electron chi connectivity index (χ3n) is 5.65. The summed E-state index contributed by atoms with van der Waals surface area (Å²) in [6.07, 6.45) is 0. The van der Waals surface area contributed by atoms with E-state index < -0.39 is 15.9 Å². The molecular weight excluding hydrogens is 444 g/mol. The fraction of sp³-hybridized carbons (Fsp3) is 0.304. The van der Waals surface area contributed by atoms with Gasteiger partial charge in [0.15, 0.2) is 0 Å². The number of benzene rings is 2. The van der Waals surface area contributed by atoms with Gasteiger partial charge in [-0.25, -0.2) is 12.7 Å². The van der Waals surface area contributed by atoms with Crippen LogP contribution in [0, 0.1) is 6.92 Å². The van der Waals surface area contributed by atoms with Gasteiger partial charge in [0.2, 0.25) is 15.6 Å². The Kier molecular flexibility index (Phi) is 6.24. The number of carbonyl (C=O) groups excluding carboxylic acids is 1. The molecule has 9 nitrogen and oxygen atoms in total. The topological polar surface area (TPSA) is 112 Å². The predicted octanol–water partition coefficient (Wildman–Crippen LogP) is 2.18. The number of fused-ring (bicyclic) bond motifs is 1. The Morgan fingerprint density at radius 2 is 1.82 bits per heavy atom. The Hall–Kier alpha value is -3.21. The average molecular weight is 471 g/mol. The van der Waals surface area contributed by atoms with Gasteiger partial charge in [0.25, 0.3) is 5.91 Å². The fourth-order valence-electron chi connectivity index (χ4n) is 3.85. The average Bonchev–Trinajstić information content (AvgIpc) is 2.79. The van der Waals surface area contributed by atoms with Crippen molar-refractivity contribution in [2.45, 2.75) is 11.8 Å². The molecule has 3 aromatic rings. The molecule has 1 fully saturated rings. The summed E-state index contributed by atoms with van der Waals surface area (Å²) in [4.78, 5) is 29.9. The first kappa shape index (κ1) is 23.0. The van der Waals surface area contributed by atoms with Crippen molar-refractivity contribution in [2.24, 2.45) is 0 Å². The van der Waals surface area contributed by atoms with Crippen LogP contribution in [-0.2, 0) is 14.8 Å². The van der Waals surface area contributed by atoms with E-state index in [0.29, 0.717) is 43.2 Å². The molecule has 0 unspecified atom stereocenters. The van der Waals surface area contributed by atoms with Crippen LogP contribution in [-0.4, -0.2) is 64.0 Å². The standard InChI is InChI=1S/C23H26N4O5S/c1-15-12-22(28)25-20-6-4-16(13-18(15)20)24-23(29)19-14-17(33(30,31)26(2)3)5-7-21(19)27-8-10-32-11-9-27/h4-7,12-14H,8-11H2,1-3H3,(H,24,29)(H,25,28). The molecule has 10 heteroatoms. The molecule has 0 bridgehead atoms. The number of aromatic nitrogens is 1. The first-order chi connectivity index (χ1) is 15.7. The number of H-pyrrole nitrogens is 1.